The Hall–Kier alpha value is -1.69. The maximum atomic E-state index is 12.4. The Bertz CT molecular complexity index is 559. The molecule has 9 heteroatoms. The first kappa shape index (κ1) is 12.4. The summed E-state index contributed by atoms with van der Waals surface area (Å²) in [6.45, 7) is 0. The van der Waals surface area contributed by atoms with Crippen molar-refractivity contribution < 1.29 is 21.6 Å². The summed E-state index contributed by atoms with van der Waals surface area (Å²) in [7, 11) is -3.94. The second-order valence-corrected chi connectivity index (χ2v) is 4.71. The number of aromatic nitrogens is 2. The van der Waals surface area contributed by atoms with Gasteiger partial charge in [-0.3, -0.25) is 0 Å². The number of alkyl halides is 3. The molecule has 0 bridgehead atoms. The molecule has 1 aromatic rings. The molecule has 0 amide bonds. The lowest BCUT2D eigenvalue weighted by atomic mass is 10.2. The van der Waals surface area contributed by atoms with Gasteiger partial charge in [0, 0.05) is 6.26 Å². The number of rotatable bonds is 1. The molecule has 86 valence electrons. The molecule has 1 rings (SSSR count). The number of hydrogen-bond acceptors (Lipinski definition) is 5. The standard InChI is InChI=1S/C7H4F3N3O2S/c1-16(14,15)6-12-3-4(2-11)5(13-6)7(8,9)10/h3H,1H3. The highest BCUT2D eigenvalue weighted by atomic mass is 32.2. The van der Waals surface area contributed by atoms with E-state index in [4.69, 9.17) is 5.26 Å². The molecular weight excluding hydrogens is 247 g/mol. The first-order chi connectivity index (χ1) is 7.16. The molecule has 0 N–H and O–H groups in total. The smallest absolute Gasteiger partial charge is 0.225 e. The summed E-state index contributed by atoms with van der Waals surface area (Å²) in [4.78, 5) is 6.01. The van der Waals surface area contributed by atoms with E-state index in [-0.39, 0.29) is 0 Å². The van der Waals surface area contributed by atoms with Crippen molar-refractivity contribution in [2.45, 2.75) is 11.3 Å². The minimum absolute atomic E-state index is 0.534. The average Bonchev–Trinajstić information content (AvgIpc) is 2.14. The van der Waals surface area contributed by atoms with Crippen LogP contribution in [0.2, 0.25) is 0 Å². The lowest BCUT2D eigenvalue weighted by Gasteiger charge is -2.07. The quantitative estimate of drug-likeness (QED) is 0.688. The summed E-state index contributed by atoms with van der Waals surface area (Å²) in [5.41, 5.74) is -2.37. The van der Waals surface area contributed by atoms with Gasteiger partial charge in [-0.25, -0.2) is 18.4 Å². The Morgan fingerprint density at radius 2 is 2.00 bits per heavy atom. The van der Waals surface area contributed by atoms with E-state index in [0.29, 0.717) is 12.5 Å². The van der Waals surface area contributed by atoms with Crippen molar-refractivity contribution in [1.29, 1.82) is 5.26 Å². The zero-order chi connectivity index (χ0) is 12.6. The number of sulfone groups is 1. The van der Waals surface area contributed by atoms with E-state index < -0.39 is 32.4 Å². The normalized spacial score (nSPS) is 12.2. The third-order valence-electron chi connectivity index (χ3n) is 1.49. The van der Waals surface area contributed by atoms with Crippen molar-refractivity contribution in [3.8, 4) is 6.07 Å². The topological polar surface area (TPSA) is 83.7 Å². The van der Waals surface area contributed by atoms with Gasteiger partial charge in [0.25, 0.3) is 0 Å². The summed E-state index contributed by atoms with van der Waals surface area (Å²) in [5.74, 6) is 0. The molecule has 0 aromatic carbocycles. The molecule has 0 aliphatic rings. The molecule has 0 spiro atoms. The zero-order valence-corrected chi connectivity index (χ0v) is 8.59. The molecule has 1 aromatic heterocycles. The largest absolute Gasteiger partial charge is 0.434 e. The van der Waals surface area contributed by atoms with Crippen molar-refractivity contribution >= 4 is 9.84 Å². The molecule has 0 aliphatic heterocycles. The fraction of sp³-hybridized carbons (Fsp3) is 0.286. The van der Waals surface area contributed by atoms with Gasteiger partial charge in [0.1, 0.15) is 11.6 Å². The van der Waals surface area contributed by atoms with Gasteiger partial charge in [-0.2, -0.15) is 18.4 Å². The van der Waals surface area contributed by atoms with Crippen molar-refractivity contribution in [2.75, 3.05) is 6.26 Å². The van der Waals surface area contributed by atoms with Gasteiger partial charge < -0.3 is 0 Å². The lowest BCUT2D eigenvalue weighted by molar-refractivity contribution is -0.141. The van der Waals surface area contributed by atoms with Gasteiger partial charge in [0.15, 0.2) is 5.69 Å². The minimum Gasteiger partial charge on any atom is -0.225 e. The maximum absolute atomic E-state index is 12.4. The molecule has 0 fully saturated rings. The van der Waals surface area contributed by atoms with Crippen LogP contribution in [0.3, 0.4) is 0 Å². The van der Waals surface area contributed by atoms with Gasteiger partial charge in [-0.1, -0.05) is 0 Å². The third-order valence-corrected chi connectivity index (χ3v) is 2.35. The van der Waals surface area contributed by atoms with Crippen LogP contribution >= 0.6 is 0 Å². The Kier molecular flexibility index (Phi) is 2.87. The molecule has 5 nitrogen and oxygen atoms in total. The van der Waals surface area contributed by atoms with Crippen LogP contribution < -0.4 is 0 Å². The van der Waals surface area contributed by atoms with Crippen molar-refractivity contribution in [3.05, 3.63) is 17.5 Å². The van der Waals surface area contributed by atoms with Gasteiger partial charge in [-0.05, 0) is 0 Å². The van der Waals surface area contributed by atoms with E-state index in [1.807, 2.05) is 0 Å². The minimum atomic E-state index is -4.90. The van der Waals surface area contributed by atoms with Crippen LogP contribution in [0.1, 0.15) is 11.3 Å². The van der Waals surface area contributed by atoms with Crippen molar-refractivity contribution in [2.24, 2.45) is 0 Å². The Labute approximate surface area is 88.5 Å². The second-order valence-electron chi connectivity index (χ2n) is 2.80. The van der Waals surface area contributed by atoms with Gasteiger partial charge in [0.05, 0.1) is 6.20 Å². The van der Waals surface area contributed by atoms with Crippen molar-refractivity contribution in [1.82, 2.24) is 9.97 Å². The highest BCUT2D eigenvalue weighted by Gasteiger charge is 2.37. The van der Waals surface area contributed by atoms with Gasteiger partial charge in [0.2, 0.25) is 15.0 Å². The molecule has 0 saturated heterocycles. The zero-order valence-electron chi connectivity index (χ0n) is 7.78. The van der Waals surface area contributed by atoms with Crippen LogP contribution in [0, 0.1) is 11.3 Å². The van der Waals surface area contributed by atoms with Gasteiger partial charge >= 0.3 is 6.18 Å². The number of nitrogens with zero attached hydrogens (tertiary/aromatic N) is 3. The molecule has 1 heterocycles. The highest BCUT2D eigenvalue weighted by Crippen LogP contribution is 2.30. The van der Waals surface area contributed by atoms with Crippen LogP contribution in [-0.2, 0) is 16.0 Å². The lowest BCUT2D eigenvalue weighted by Crippen LogP contribution is -2.15. The van der Waals surface area contributed by atoms with Crippen LogP contribution in [0.5, 0.6) is 0 Å². The molecule has 0 saturated carbocycles. The van der Waals surface area contributed by atoms with Crippen LogP contribution in [0.15, 0.2) is 11.4 Å². The van der Waals surface area contributed by atoms with E-state index in [2.05, 4.69) is 9.97 Å². The van der Waals surface area contributed by atoms with E-state index in [1.165, 1.54) is 6.07 Å². The summed E-state index contributed by atoms with van der Waals surface area (Å²) in [6, 6.07) is 1.24. The van der Waals surface area contributed by atoms with Crippen molar-refractivity contribution in [3.63, 3.8) is 0 Å². The van der Waals surface area contributed by atoms with Gasteiger partial charge in [-0.15, -0.1) is 0 Å². The maximum Gasteiger partial charge on any atom is 0.434 e. The Morgan fingerprint density at radius 3 is 2.38 bits per heavy atom. The Balaban J connectivity index is 3.53. The van der Waals surface area contributed by atoms with E-state index >= 15 is 0 Å². The predicted octanol–water partition coefficient (Wildman–Crippen LogP) is 0.771. The predicted molar refractivity (Wildman–Crippen MR) is 44.9 cm³/mol. The summed E-state index contributed by atoms with van der Waals surface area (Å²) in [5, 5.41) is 7.44. The second kappa shape index (κ2) is 3.71. The SMILES string of the molecule is CS(=O)(=O)c1ncc(C#N)c(C(F)(F)F)n1. The first-order valence-corrected chi connectivity index (χ1v) is 5.60. The van der Waals surface area contributed by atoms with E-state index in [1.54, 1.807) is 0 Å². The average molecular weight is 251 g/mol. The van der Waals surface area contributed by atoms with E-state index in [9.17, 15) is 21.6 Å². The summed E-state index contributed by atoms with van der Waals surface area (Å²) in [6.07, 6.45) is -3.69. The fourth-order valence-corrected chi connectivity index (χ4v) is 1.34. The number of nitriles is 1. The fourth-order valence-electron chi connectivity index (χ4n) is 0.842. The third kappa shape index (κ3) is 2.46. The van der Waals surface area contributed by atoms with E-state index in [0.717, 1.165) is 0 Å². The number of hydrogen-bond donors (Lipinski definition) is 0. The molecule has 0 aliphatic carbocycles. The van der Waals surface area contributed by atoms with Crippen LogP contribution in [-0.4, -0.2) is 24.6 Å². The van der Waals surface area contributed by atoms with Crippen LogP contribution in [0.25, 0.3) is 0 Å². The monoisotopic (exact) mass is 251 g/mol. The molecule has 0 unspecified atom stereocenters. The molecule has 0 radical (unpaired) electrons. The van der Waals surface area contributed by atoms with Crippen LogP contribution in [0.4, 0.5) is 13.2 Å². The molecular formula is C7H4F3N3O2S. The first-order valence-electron chi connectivity index (χ1n) is 3.70. The molecule has 16 heavy (non-hydrogen) atoms. The highest BCUT2D eigenvalue weighted by molar-refractivity contribution is 7.90. The summed E-state index contributed by atoms with van der Waals surface area (Å²) >= 11 is 0. The molecule has 0 atom stereocenters. The Morgan fingerprint density at radius 1 is 1.44 bits per heavy atom. The summed E-state index contributed by atoms with van der Waals surface area (Å²) < 4.78 is 59.0. The number of halogens is 3.